The average molecular weight is 231 g/mol. The third-order valence-electron chi connectivity index (χ3n) is 3.78. The Morgan fingerprint density at radius 1 is 1.50 bits per heavy atom. The lowest BCUT2D eigenvalue weighted by Gasteiger charge is -2.30. The fourth-order valence-corrected chi connectivity index (χ4v) is 3.13. The standard InChI is InChI=1S/C10H14FNO4/c1-2-12-10(9(15)16)5(11)3-4-6(7(4)10)8(13)14/h4-7,12H,2-3H2,1H3,(H,13,14)(H,15,16)/t4-,5-,6-,7-,10-/m0/s1. The van der Waals surface area contributed by atoms with E-state index in [-0.39, 0.29) is 12.3 Å². The van der Waals surface area contributed by atoms with Gasteiger partial charge in [-0.25, -0.2) is 4.39 Å². The van der Waals surface area contributed by atoms with E-state index in [2.05, 4.69) is 5.32 Å². The first-order valence-corrected chi connectivity index (χ1v) is 5.32. The molecule has 2 fully saturated rings. The number of hydrogen-bond acceptors (Lipinski definition) is 3. The van der Waals surface area contributed by atoms with E-state index in [0.29, 0.717) is 6.54 Å². The number of carbonyl (C=O) groups is 2. The zero-order valence-corrected chi connectivity index (χ0v) is 8.81. The molecule has 2 saturated carbocycles. The fourth-order valence-electron chi connectivity index (χ4n) is 3.13. The third kappa shape index (κ3) is 1.19. The summed E-state index contributed by atoms with van der Waals surface area (Å²) in [6.07, 6.45) is -1.48. The number of alkyl halides is 1. The van der Waals surface area contributed by atoms with Crippen LogP contribution in [0.1, 0.15) is 13.3 Å². The highest BCUT2D eigenvalue weighted by atomic mass is 19.1. The Hall–Kier alpha value is -1.17. The molecule has 5 atom stereocenters. The van der Waals surface area contributed by atoms with Crippen molar-refractivity contribution in [3.05, 3.63) is 0 Å². The Morgan fingerprint density at radius 3 is 2.56 bits per heavy atom. The summed E-state index contributed by atoms with van der Waals surface area (Å²) in [7, 11) is 0. The fraction of sp³-hybridized carbons (Fsp3) is 0.800. The van der Waals surface area contributed by atoms with Gasteiger partial charge in [0.1, 0.15) is 6.17 Å². The maximum Gasteiger partial charge on any atom is 0.327 e. The van der Waals surface area contributed by atoms with Crippen LogP contribution in [-0.2, 0) is 9.59 Å². The minimum Gasteiger partial charge on any atom is -0.481 e. The van der Waals surface area contributed by atoms with E-state index in [1.165, 1.54) is 0 Å². The number of rotatable bonds is 4. The van der Waals surface area contributed by atoms with Gasteiger partial charge in [-0.3, -0.25) is 14.9 Å². The highest BCUT2D eigenvalue weighted by Gasteiger charge is 2.75. The predicted octanol–water partition coefficient (Wildman–Crippen LogP) is 0.108. The third-order valence-corrected chi connectivity index (χ3v) is 3.78. The molecule has 0 bridgehead atoms. The van der Waals surface area contributed by atoms with Crippen molar-refractivity contribution in [3.8, 4) is 0 Å². The van der Waals surface area contributed by atoms with Gasteiger partial charge < -0.3 is 10.2 Å². The molecule has 2 aliphatic rings. The Morgan fingerprint density at radius 2 is 2.12 bits per heavy atom. The molecule has 0 aromatic rings. The summed E-state index contributed by atoms with van der Waals surface area (Å²) in [5.41, 5.74) is -1.69. The van der Waals surface area contributed by atoms with Crippen molar-refractivity contribution in [3.63, 3.8) is 0 Å². The summed E-state index contributed by atoms with van der Waals surface area (Å²) in [5.74, 6) is -3.95. The van der Waals surface area contributed by atoms with Gasteiger partial charge >= 0.3 is 11.9 Å². The first-order valence-electron chi connectivity index (χ1n) is 5.32. The monoisotopic (exact) mass is 231 g/mol. The zero-order valence-electron chi connectivity index (χ0n) is 8.81. The molecule has 5 nitrogen and oxygen atoms in total. The van der Waals surface area contributed by atoms with Crippen LogP contribution in [-0.4, -0.2) is 40.4 Å². The summed E-state index contributed by atoms with van der Waals surface area (Å²) in [6.45, 7) is 1.99. The van der Waals surface area contributed by atoms with Gasteiger partial charge in [0, 0.05) is 5.92 Å². The summed E-state index contributed by atoms with van der Waals surface area (Å²) < 4.78 is 13.8. The van der Waals surface area contributed by atoms with Crippen LogP contribution in [0.2, 0.25) is 0 Å². The Kier molecular flexibility index (Phi) is 2.41. The lowest BCUT2D eigenvalue weighted by atomic mass is 9.88. The molecule has 0 aromatic carbocycles. The normalized spacial score (nSPS) is 45.1. The van der Waals surface area contributed by atoms with Crippen LogP contribution in [0.5, 0.6) is 0 Å². The topological polar surface area (TPSA) is 86.6 Å². The van der Waals surface area contributed by atoms with Gasteiger partial charge in [0.2, 0.25) is 0 Å². The lowest BCUT2D eigenvalue weighted by Crippen LogP contribution is -2.59. The molecule has 90 valence electrons. The SMILES string of the molecule is CCN[C@]1(C(=O)O)[C@H]2[C@@H](C[C@@H]1F)[C@@H]2C(=O)O. The largest absolute Gasteiger partial charge is 0.481 e. The second kappa shape index (κ2) is 3.41. The second-order valence-corrected chi connectivity index (χ2v) is 4.46. The number of halogens is 1. The van der Waals surface area contributed by atoms with Crippen molar-refractivity contribution >= 4 is 11.9 Å². The van der Waals surface area contributed by atoms with Gasteiger partial charge in [0.05, 0.1) is 5.92 Å². The summed E-state index contributed by atoms with van der Waals surface area (Å²) in [6, 6.07) is 0. The molecular weight excluding hydrogens is 217 g/mol. The van der Waals surface area contributed by atoms with Crippen molar-refractivity contribution in [1.29, 1.82) is 0 Å². The Balaban J connectivity index is 2.29. The average Bonchev–Trinajstić information content (AvgIpc) is 2.81. The molecule has 6 heteroatoms. The van der Waals surface area contributed by atoms with Crippen molar-refractivity contribution < 1.29 is 24.2 Å². The van der Waals surface area contributed by atoms with Gasteiger partial charge in [0.15, 0.2) is 5.54 Å². The number of nitrogens with one attached hydrogen (secondary N) is 1. The Labute approximate surface area is 91.6 Å². The molecule has 0 saturated heterocycles. The van der Waals surface area contributed by atoms with E-state index < -0.39 is 35.5 Å². The van der Waals surface area contributed by atoms with Gasteiger partial charge in [-0.1, -0.05) is 6.92 Å². The molecule has 0 heterocycles. The quantitative estimate of drug-likeness (QED) is 0.639. The first kappa shape index (κ1) is 11.3. The number of carboxylic acid groups (broad SMARTS) is 2. The number of fused-ring (bicyclic) bond motifs is 1. The molecule has 0 unspecified atom stereocenters. The molecule has 16 heavy (non-hydrogen) atoms. The summed E-state index contributed by atoms with van der Waals surface area (Å²) >= 11 is 0. The van der Waals surface area contributed by atoms with Gasteiger partial charge in [-0.15, -0.1) is 0 Å². The maximum atomic E-state index is 13.8. The van der Waals surface area contributed by atoms with Crippen LogP contribution < -0.4 is 5.32 Å². The van der Waals surface area contributed by atoms with E-state index in [0.717, 1.165) is 0 Å². The predicted molar refractivity (Wildman–Crippen MR) is 51.7 cm³/mol. The minimum atomic E-state index is -1.69. The molecule has 0 radical (unpaired) electrons. The molecule has 0 aromatic heterocycles. The first-order chi connectivity index (χ1) is 7.46. The molecule has 0 amide bonds. The van der Waals surface area contributed by atoms with Gasteiger partial charge in [-0.2, -0.15) is 0 Å². The molecule has 2 rings (SSSR count). The van der Waals surface area contributed by atoms with Crippen molar-refractivity contribution in [1.82, 2.24) is 5.32 Å². The van der Waals surface area contributed by atoms with Gasteiger partial charge in [-0.05, 0) is 18.9 Å². The van der Waals surface area contributed by atoms with E-state index >= 15 is 0 Å². The maximum absolute atomic E-state index is 13.8. The van der Waals surface area contributed by atoms with Crippen LogP contribution in [0.25, 0.3) is 0 Å². The summed E-state index contributed by atoms with van der Waals surface area (Å²) in [4.78, 5) is 22.1. The zero-order chi connectivity index (χ0) is 12.1. The van der Waals surface area contributed by atoms with E-state index in [4.69, 9.17) is 10.2 Å². The van der Waals surface area contributed by atoms with Crippen molar-refractivity contribution in [2.24, 2.45) is 17.8 Å². The number of likely N-dealkylation sites (N-methyl/N-ethyl adjacent to an activating group) is 1. The van der Waals surface area contributed by atoms with Crippen LogP contribution in [0.4, 0.5) is 4.39 Å². The number of carboxylic acids is 2. The summed E-state index contributed by atoms with van der Waals surface area (Å²) in [5, 5.41) is 20.7. The molecular formula is C10H14FNO4. The highest BCUT2D eigenvalue weighted by molar-refractivity contribution is 5.86. The van der Waals surface area contributed by atoms with Crippen LogP contribution in [0.3, 0.4) is 0 Å². The second-order valence-electron chi connectivity index (χ2n) is 4.46. The molecule has 3 N–H and O–H groups in total. The molecule has 2 aliphatic carbocycles. The van der Waals surface area contributed by atoms with E-state index in [9.17, 15) is 14.0 Å². The number of hydrogen-bond donors (Lipinski definition) is 3. The van der Waals surface area contributed by atoms with Gasteiger partial charge in [0.25, 0.3) is 0 Å². The van der Waals surface area contributed by atoms with Crippen molar-refractivity contribution in [2.45, 2.75) is 25.1 Å². The molecule has 0 aliphatic heterocycles. The van der Waals surface area contributed by atoms with Crippen LogP contribution in [0, 0.1) is 17.8 Å². The van der Waals surface area contributed by atoms with Crippen LogP contribution >= 0.6 is 0 Å². The van der Waals surface area contributed by atoms with E-state index in [1.807, 2.05) is 0 Å². The van der Waals surface area contributed by atoms with Crippen LogP contribution in [0.15, 0.2) is 0 Å². The highest BCUT2D eigenvalue weighted by Crippen LogP contribution is 2.63. The number of aliphatic carboxylic acids is 2. The Bertz CT molecular complexity index is 348. The van der Waals surface area contributed by atoms with Crippen molar-refractivity contribution in [2.75, 3.05) is 6.54 Å². The lowest BCUT2D eigenvalue weighted by molar-refractivity contribution is -0.149. The minimum absolute atomic E-state index is 0.0287. The van der Waals surface area contributed by atoms with E-state index in [1.54, 1.807) is 6.92 Å². The molecule has 0 spiro atoms. The smallest absolute Gasteiger partial charge is 0.327 e.